The highest BCUT2D eigenvalue weighted by Crippen LogP contribution is 2.27. The molecule has 1 aromatic carbocycles. The maximum Gasteiger partial charge on any atom is 0.0131 e. The minimum absolute atomic E-state index is 0.0806. The topological polar surface area (TPSA) is 26.0 Å². The molecule has 1 aromatic rings. The minimum Gasteiger partial charge on any atom is -0.327 e. The molecule has 0 amide bonds. The lowest BCUT2D eigenvalue weighted by Crippen LogP contribution is -2.40. The van der Waals surface area contributed by atoms with E-state index >= 15 is 0 Å². The summed E-state index contributed by atoms with van der Waals surface area (Å²) >= 11 is 0. The summed E-state index contributed by atoms with van der Waals surface area (Å²) in [4.78, 5) is 0. The summed E-state index contributed by atoms with van der Waals surface area (Å²) in [6.07, 6.45) is 2.24. The fourth-order valence-electron chi connectivity index (χ4n) is 1.75. The molecule has 0 spiro atoms. The molecule has 1 rings (SSSR count). The van der Waals surface area contributed by atoms with Crippen LogP contribution in [-0.4, -0.2) is 6.04 Å². The van der Waals surface area contributed by atoms with E-state index in [-0.39, 0.29) is 11.5 Å². The van der Waals surface area contributed by atoms with Crippen LogP contribution >= 0.6 is 0 Å². The highest BCUT2D eigenvalue weighted by molar-refractivity contribution is 5.25. The van der Waals surface area contributed by atoms with E-state index in [2.05, 4.69) is 45.0 Å². The van der Waals surface area contributed by atoms with Crippen molar-refractivity contribution in [3.8, 4) is 0 Å². The van der Waals surface area contributed by atoms with Gasteiger partial charge in [0.05, 0.1) is 0 Å². The fourth-order valence-corrected chi connectivity index (χ4v) is 1.75. The van der Waals surface area contributed by atoms with Gasteiger partial charge in [0.1, 0.15) is 0 Å². The summed E-state index contributed by atoms with van der Waals surface area (Å²) in [7, 11) is 0. The summed E-state index contributed by atoms with van der Waals surface area (Å²) in [6.45, 7) is 6.63. The third-order valence-electron chi connectivity index (χ3n) is 3.04. The SMILES string of the molecule is CCCC(N)C(C)(C)c1ccccc1. The quantitative estimate of drug-likeness (QED) is 0.777. The normalized spacial score (nSPS) is 14.0. The van der Waals surface area contributed by atoms with Gasteiger partial charge in [0.2, 0.25) is 0 Å². The van der Waals surface area contributed by atoms with E-state index in [1.54, 1.807) is 0 Å². The Balaban J connectivity index is 2.84. The number of hydrogen-bond donors (Lipinski definition) is 1. The largest absolute Gasteiger partial charge is 0.327 e. The molecule has 0 fully saturated rings. The van der Waals surface area contributed by atoms with Crippen LogP contribution in [0.2, 0.25) is 0 Å². The molecule has 0 aliphatic carbocycles. The van der Waals surface area contributed by atoms with Crippen molar-refractivity contribution in [3.63, 3.8) is 0 Å². The second-order valence-electron chi connectivity index (χ2n) is 4.48. The van der Waals surface area contributed by atoms with Gasteiger partial charge in [0.15, 0.2) is 0 Å². The van der Waals surface area contributed by atoms with Crippen molar-refractivity contribution in [3.05, 3.63) is 35.9 Å². The molecule has 0 aliphatic heterocycles. The molecule has 1 unspecified atom stereocenters. The van der Waals surface area contributed by atoms with Crippen LogP contribution in [0, 0.1) is 0 Å². The molecule has 0 saturated carbocycles. The van der Waals surface area contributed by atoms with Crippen LogP contribution in [0.1, 0.15) is 39.2 Å². The first-order valence-corrected chi connectivity index (χ1v) is 5.40. The van der Waals surface area contributed by atoms with Gasteiger partial charge in [-0.15, -0.1) is 0 Å². The summed E-state index contributed by atoms with van der Waals surface area (Å²) in [5.74, 6) is 0. The van der Waals surface area contributed by atoms with Crippen molar-refractivity contribution in [1.82, 2.24) is 0 Å². The van der Waals surface area contributed by atoms with Gasteiger partial charge in [-0.25, -0.2) is 0 Å². The van der Waals surface area contributed by atoms with E-state index in [9.17, 15) is 0 Å². The average Bonchev–Trinajstić information content (AvgIpc) is 2.19. The molecular weight excluding hydrogens is 170 g/mol. The highest BCUT2D eigenvalue weighted by atomic mass is 14.7. The Labute approximate surface area is 87.3 Å². The number of nitrogens with two attached hydrogens (primary N) is 1. The van der Waals surface area contributed by atoms with Gasteiger partial charge in [-0.3, -0.25) is 0 Å². The van der Waals surface area contributed by atoms with Crippen molar-refractivity contribution in [1.29, 1.82) is 0 Å². The standard InChI is InChI=1S/C13H21N/c1-4-8-12(14)13(2,3)11-9-6-5-7-10-11/h5-7,9-10,12H,4,8,14H2,1-3H3. The zero-order chi connectivity index (χ0) is 10.6. The summed E-state index contributed by atoms with van der Waals surface area (Å²) in [6, 6.07) is 10.8. The Morgan fingerprint density at radius 2 is 1.79 bits per heavy atom. The van der Waals surface area contributed by atoms with Crippen LogP contribution in [0.15, 0.2) is 30.3 Å². The second-order valence-corrected chi connectivity index (χ2v) is 4.48. The smallest absolute Gasteiger partial charge is 0.0131 e. The Kier molecular flexibility index (Phi) is 3.70. The molecule has 0 bridgehead atoms. The lowest BCUT2D eigenvalue weighted by atomic mass is 9.76. The molecule has 2 N–H and O–H groups in total. The van der Waals surface area contributed by atoms with Crippen LogP contribution in [0.5, 0.6) is 0 Å². The van der Waals surface area contributed by atoms with Gasteiger partial charge in [-0.1, -0.05) is 57.5 Å². The molecular formula is C13H21N. The van der Waals surface area contributed by atoms with E-state index in [1.165, 1.54) is 5.56 Å². The van der Waals surface area contributed by atoms with Crippen LogP contribution < -0.4 is 5.73 Å². The van der Waals surface area contributed by atoms with Gasteiger partial charge in [0.25, 0.3) is 0 Å². The Bertz CT molecular complexity index is 264. The Morgan fingerprint density at radius 3 is 2.29 bits per heavy atom. The molecule has 0 radical (unpaired) electrons. The molecule has 1 atom stereocenters. The first-order chi connectivity index (χ1) is 6.59. The Morgan fingerprint density at radius 1 is 1.21 bits per heavy atom. The minimum atomic E-state index is 0.0806. The lowest BCUT2D eigenvalue weighted by molar-refractivity contribution is 0.386. The average molecular weight is 191 g/mol. The van der Waals surface area contributed by atoms with Gasteiger partial charge in [-0.05, 0) is 12.0 Å². The highest BCUT2D eigenvalue weighted by Gasteiger charge is 2.27. The first kappa shape index (κ1) is 11.3. The number of rotatable bonds is 4. The predicted molar refractivity (Wildman–Crippen MR) is 62.4 cm³/mol. The fraction of sp³-hybridized carbons (Fsp3) is 0.538. The third kappa shape index (κ3) is 2.36. The molecule has 0 heterocycles. The van der Waals surface area contributed by atoms with Gasteiger partial charge in [-0.2, -0.15) is 0 Å². The molecule has 14 heavy (non-hydrogen) atoms. The van der Waals surface area contributed by atoms with Gasteiger partial charge < -0.3 is 5.73 Å². The van der Waals surface area contributed by atoms with E-state index in [4.69, 9.17) is 5.73 Å². The van der Waals surface area contributed by atoms with Gasteiger partial charge in [0, 0.05) is 11.5 Å². The Hall–Kier alpha value is -0.820. The molecule has 78 valence electrons. The maximum atomic E-state index is 6.19. The molecule has 0 saturated heterocycles. The third-order valence-corrected chi connectivity index (χ3v) is 3.04. The zero-order valence-corrected chi connectivity index (χ0v) is 9.46. The van der Waals surface area contributed by atoms with E-state index in [0.29, 0.717) is 0 Å². The number of benzene rings is 1. The van der Waals surface area contributed by atoms with E-state index in [1.807, 2.05) is 6.07 Å². The molecule has 0 aromatic heterocycles. The number of hydrogen-bond acceptors (Lipinski definition) is 1. The molecule has 1 nitrogen and oxygen atoms in total. The summed E-state index contributed by atoms with van der Waals surface area (Å²) < 4.78 is 0. The summed E-state index contributed by atoms with van der Waals surface area (Å²) in [5, 5.41) is 0. The van der Waals surface area contributed by atoms with Crippen molar-refractivity contribution in [2.45, 2.75) is 45.1 Å². The maximum absolute atomic E-state index is 6.19. The van der Waals surface area contributed by atoms with Gasteiger partial charge >= 0.3 is 0 Å². The van der Waals surface area contributed by atoms with Crippen molar-refractivity contribution in [2.75, 3.05) is 0 Å². The first-order valence-electron chi connectivity index (χ1n) is 5.40. The molecule has 1 heteroatoms. The zero-order valence-electron chi connectivity index (χ0n) is 9.46. The van der Waals surface area contributed by atoms with Crippen LogP contribution in [-0.2, 0) is 5.41 Å². The second kappa shape index (κ2) is 4.61. The van der Waals surface area contributed by atoms with Crippen LogP contribution in [0.4, 0.5) is 0 Å². The monoisotopic (exact) mass is 191 g/mol. The van der Waals surface area contributed by atoms with E-state index in [0.717, 1.165) is 12.8 Å². The van der Waals surface area contributed by atoms with Crippen molar-refractivity contribution >= 4 is 0 Å². The van der Waals surface area contributed by atoms with Crippen molar-refractivity contribution in [2.24, 2.45) is 5.73 Å². The van der Waals surface area contributed by atoms with Crippen LogP contribution in [0.25, 0.3) is 0 Å². The summed E-state index contributed by atoms with van der Waals surface area (Å²) in [5.41, 5.74) is 7.61. The van der Waals surface area contributed by atoms with Crippen LogP contribution in [0.3, 0.4) is 0 Å². The lowest BCUT2D eigenvalue weighted by Gasteiger charge is -2.32. The predicted octanol–water partition coefficient (Wildman–Crippen LogP) is 3.09. The van der Waals surface area contributed by atoms with Crippen molar-refractivity contribution < 1.29 is 0 Å². The van der Waals surface area contributed by atoms with E-state index < -0.39 is 0 Å². The molecule has 0 aliphatic rings.